The molecule has 1 heterocycles. The summed E-state index contributed by atoms with van der Waals surface area (Å²) in [5.74, 6) is 3.67. The van der Waals surface area contributed by atoms with Crippen LogP contribution in [-0.2, 0) is 12.0 Å². The Kier molecular flexibility index (Phi) is 2.62. The number of aromatic nitrogens is 1. The molecule has 1 heteroatoms. The van der Waals surface area contributed by atoms with Gasteiger partial charge in [0.1, 0.15) is 0 Å². The van der Waals surface area contributed by atoms with Crippen molar-refractivity contribution in [2.45, 2.75) is 52.5 Å². The van der Waals surface area contributed by atoms with Gasteiger partial charge in [0.15, 0.2) is 0 Å². The van der Waals surface area contributed by atoms with Crippen LogP contribution >= 0.6 is 0 Å². The average molecular weight is 215 g/mol. The molecule has 0 spiro atoms. The highest BCUT2D eigenvalue weighted by atomic mass is 15.0. The molecule has 0 atom stereocenters. The van der Waals surface area contributed by atoms with Crippen LogP contribution in [0.15, 0.2) is 6.07 Å². The molecule has 1 fully saturated rings. The van der Waals surface area contributed by atoms with Gasteiger partial charge in [-0.15, -0.1) is 6.42 Å². The van der Waals surface area contributed by atoms with Gasteiger partial charge in [0.05, 0.1) is 5.41 Å². The second-order valence-electron chi connectivity index (χ2n) is 5.52. The molecule has 2 rings (SSSR count). The lowest BCUT2D eigenvalue weighted by Gasteiger charge is -2.13. The van der Waals surface area contributed by atoms with Crippen molar-refractivity contribution in [1.82, 2.24) is 4.57 Å². The third-order valence-electron chi connectivity index (χ3n) is 3.66. The molecule has 1 aliphatic rings. The van der Waals surface area contributed by atoms with Gasteiger partial charge in [0, 0.05) is 17.9 Å². The minimum absolute atomic E-state index is 0.0804. The Morgan fingerprint density at radius 1 is 1.44 bits per heavy atom. The van der Waals surface area contributed by atoms with Crippen LogP contribution in [0.5, 0.6) is 0 Å². The standard InChI is InChI=1S/C15H21N/c1-6-15(7-8-15)14-9-12(4)16(13(14)5)10-11(2)3/h1,9,11H,7-8,10H2,2-5H3. The highest BCUT2D eigenvalue weighted by Gasteiger charge is 2.44. The minimum Gasteiger partial charge on any atom is -0.349 e. The maximum absolute atomic E-state index is 5.67. The first-order valence-electron chi connectivity index (χ1n) is 6.15. The normalized spacial score (nSPS) is 17.5. The molecule has 0 N–H and O–H groups in total. The second-order valence-corrected chi connectivity index (χ2v) is 5.52. The zero-order chi connectivity index (χ0) is 11.9. The molecular weight excluding hydrogens is 194 g/mol. The van der Waals surface area contributed by atoms with E-state index in [1.54, 1.807) is 0 Å². The summed E-state index contributed by atoms with van der Waals surface area (Å²) in [5, 5.41) is 0. The summed E-state index contributed by atoms with van der Waals surface area (Å²) in [6.45, 7) is 10.0. The van der Waals surface area contributed by atoms with E-state index in [1.807, 2.05) is 0 Å². The number of nitrogens with zero attached hydrogens (tertiary/aromatic N) is 1. The zero-order valence-electron chi connectivity index (χ0n) is 10.8. The van der Waals surface area contributed by atoms with E-state index in [0.29, 0.717) is 5.92 Å². The largest absolute Gasteiger partial charge is 0.349 e. The molecule has 1 nitrogen and oxygen atoms in total. The Morgan fingerprint density at radius 3 is 2.50 bits per heavy atom. The molecule has 1 aromatic rings. The van der Waals surface area contributed by atoms with Crippen molar-refractivity contribution in [1.29, 1.82) is 0 Å². The first-order chi connectivity index (χ1) is 7.50. The van der Waals surface area contributed by atoms with Crippen molar-refractivity contribution in [3.05, 3.63) is 23.0 Å². The van der Waals surface area contributed by atoms with Crippen molar-refractivity contribution in [3.8, 4) is 12.3 Å². The van der Waals surface area contributed by atoms with Crippen LogP contribution in [0.2, 0.25) is 0 Å². The molecule has 1 aromatic heterocycles. The quantitative estimate of drug-likeness (QED) is 0.681. The molecule has 0 bridgehead atoms. The van der Waals surface area contributed by atoms with Gasteiger partial charge in [0.25, 0.3) is 0 Å². The molecule has 0 amide bonds. The maximum atomic E-state index is 5.67. The van der Waals surface area contributed by atoms with Crippen LogP contribution in [-0.4, -0.2) is 4.57 Å². The first kappa shape index (κ1) is 11.3. The lowest BCUT2D eigenvalue weighted by Crippen LogP contribution is -2.10. The van der Waals surface area contributed by atoms with Gasteiger partial charge in [-0.3, -0.25) is 0 Å². The summed E-state index contributed by atoms with van der Waals surface area (Å²) < 4.78 is 2.41. The van der Waals surface area contributed by atoms with Crippen molar-refractivity contribution >= 4 is 0 Å². The van der Waals surface area contributed by atoms with E-state index in [1.165, 1.54) is 17.0 Å². The molecule has 0 saturated heterocycles. The number of hydrogen-bond donors (Lipinski definition) is 0. The Balaban J connectivity index is 2.40. The number of rotatable bonds is 3. The van der Waals surface area contributed by atoms with E-state index in [0.717, 1.165) is 19.4 Å². The van der Waals surface area contributed by atoms with Gasteiger partial charge in [-0.05, 0) is 44.2 Å². The van der Waals surface area contributed by atoms with Crippen LogP contribution in [0, 0.1) is 32.1 Å². The molecule has 1 saturated carbocycles. The minimum atomic E-state index is 0.0804. The van der Waals surface area contributed by atoms with E-state index in [2.05, 4.69) is 44.2 Å². The molecular formula is C15H21N. The number of aryl methyl sites for hydroxylation is 1. The summed E-state index contributed by atoms with van der Waals surface area (Å²) in [6, 6.07) is 2.30. The molecule has 0 radical (unpaired) electrons. The predicted molar refractivity (Wildman–Crippen MR) is 68.5 cm³/mol. The molecule has 16 heavy (non-hydrogen) atoms. The topological polar surface area (TPSA) is 4.93 Å². The molecule has 0 aromatic carbocycles. The van der Waals surface area contributed by atoms with Crippen molar-refractivity contribution in [3.63, 3.8) is 0 Å². The summed E-state index contributed by atoms with van der Waals surface area (Å²) in [5.41, 5.74) is 4.20. The van der Waals surface area contributed by atoms with Crippen LogP contribution in [0.4, 0.5) is 0 Å². The molecule has 0 unspecified atom stereocenters. The monoisotopic (exact) mass is 215 g/mol. The smallest absolute Gasteiger partial charge is 0.0579 e. The zero-order valence-corrected chi connectivity index (χ0v) is 10.8. The highest BCUT2D eigenvalue weighted by molar-refractivity contribution is 5.45. The second kappa shape index (κ2) is 3.70. The molecule has 1 aliphatic carbocycles. The maximum Gasteiger partial charge on any atom is 0.0579 e. The van der Waals surface area contributed by atoms with E-state index >= 15 is 0 Å². The summed E-state index contributed by atoms with van der Waals surface area (Å²) in [6.07, 6.45) is 8.00. The van der Waals surface area contributed by atoms with Gasteiger partial charge in [-0.1, -0.05) is 19.8 Å². The predicted octanol–water partition coefficient (Wildman–Crippen LogP) is 3.43. The van der Waals surface area contributed by atoms with Crippen LogP contribution in [0.25, 0.3) is 0 Å². The van der Waals surface area contributed by atoms with Gasteiger partial charge < -0.3 is 4.57 Å². The van der Waals surface area contributed by atoms with E-state index in [9.17, 15) is 0 Å². The Labute approximate surface area is 98.9 Å². The fraction of sp³-hybridized carbons (Fsp3) is 0.600. The average Bonchev–Trinajstić information content (AvgIpc) is 2.97. The Morgan fingerprint density at radius 2 is 2.06 bits per heavy atom. The van der Waals surface area contributed by atoms with Gasteiger partial charge in [-0.2, -0.15) is 0 Å². The van der Waals surface area contributed by atoms with Gasteiger partial charge >= 0.3 is 0 Å². The molecule has 86 valence electrons. The summed E-state index contributed by atoms with van der Waals surface area (Å²) in [7, 11) is 0. The Hall–Kier alpha value is -1.16. The summed E-state index contributed by atoms with van der Waals surface area (Å²) >= 11 is 0. The fourth-order valence-corrected chi connectivity index (χ4v) is 2.55. The van der Waals surface area contributed by atoms with E-state index in [-0.39, 0.29) is 5.41 Å². The van der Waals surface area contributed by atoms with Gasteiger partial charge in [-0.25, -0.2) is 0 Å². The Bertz CT molecular complexity index is 439. The fourth-order valence-electron chi connectivity index (χ4n) is 2.55. The number of hydrogen-bond acceptors (Lipinski definition) is 0. The third-order valence-corrected chi connectivity index (χ3v) is 3.66. The van der Waals surface area contributed by atoms with Gasteiger partial charge in [0.2, 0.25) is 0 Å². The first-order valence-corrected chi connectivity index (χ1v) is 6.15. The highest BCUT2D eigenvalue weighted by Crippen LogP contribution is 2.49. The SMILES string of the molecule is C#CC1(c2cc(C)n(CC(C)C)c2C)CC1. The van der Waals surface area contributed by atoms with Crippen LogP contribution in [0.1, 0.15) is 43.6 Å². The molecule has 0 aliphatic heterocycles. The van der Waals surface area contributed by atoms with E-state index in [4.69, 9.17) is 6.42 Å². The van der Waals surface area contributed by atoms with Crippen molar-refractivity contribution in [2.75, 3.05) is 0 Å². The van der Waals surface area contributed by atoms with E-state index < -0.39 is 0 Å². The number of terminal acetylenes is 1. The van der Waals surface area contributed by atoms with Crippen molar-refractivity contribution in [2.24, 2.45) is 5.92 Å². The lowest BCUT2D eigenvalue weighted by molar-refractivity contribution is 0.508. The van der Waals surface area contributed by atoms with Crippen LogP contribution < -0.4 is 0 Å². The lowest BCUT2D eigenvalue weighted by atomic mass is 9.97. The van der Waals surface area contributed by atoms with Crippen LogP contribution in [0.3, 0.4) is 0 Å². The summed E-state index contributed by atoms with van der Waals surface area (Å²) in [4.78, 5) is 0. The van der Waals surface area contributed by atoms with Crippen molar-refractivity contribution < 1.29 is 0 Å². The third kappa shape index (κ3) is 1.67.